The number of hydrogen-bond acceptors (Lipinski definition) is 6. The van der Waals surface area contributed by atoms with Gasteiger partial charge in [-0.05, 0) is 34.6 Å². The van der Waals surface area contributed by atoms with Crippen molar-refractivity contribution >= 4 is 34.9 Å². The second-order valence-corrected chi connectivity index (χ2v) is 8.21. The smallest absolute Gasteiger partial charge is 0.306 e. The predicted molar refractivity (Wildman–Crippen MR) is 106 cm³/mol. The van der Waals surface area contributed by atoms with Crippen molar-refractivity contribution < 1.29 is 23.9 Å². The fourth-order valence-corrected chi connectivity index (χ4v) is 3.05. The van der Waals surface area contributed by atoms with Crippen molar-refractivity contribution in [2.45, 2.75) is 39.0 Å². The molecule has 0 saturated carbocycles. The average molecular weight is 401 g/mol. The van der Waals surface area contributed by atoms with Crippen LogP contribution in [0.3, 0.4) is 0 Å². The predicted octanol–water partition coefficient (Wildman–Crippen LogP) is 3.51. The number of ether oxygens (including phenoxy) is 1. The van der Waals surface area contributed by atoms with Crippen LogP contribution in [0, 0.1) is 0 Å². The lowest BCUT2D eigenvalue weighted by atomic mass is 9.87. The molecular formula is C21H23NO5S. The van der Waals surface area contributed by atoms with E-state index in [1.807, 2.05) is 12.1 Å². The summed E-state index contributed by atoms with van der Waals surface area (Å²) in [5.41, 5.74) is 1.37. The minimum atomic E-state index is -0.720. The number of hydrogen-bond donors (Lipinski definition) is 1. The highest BCUT2D eigenvalue weighted by Gasteiger charge is 2.16. The van der Waals surface area contributed by atoms with E-state index in [1.54, 1.807) is 29.6 Å². The zero-order valence-electron chi connectivity index (χ0n) is 16.1. The molecule has 0 bridgehead atoms. The normalized spacial score (nSPS) is 11.0. The molecule has 0 radical (unpaired) electrons. The van der Waals surface area contributed by atoms with Crippen LogP contribution >= 0.6 is 11.3 Å². The number of carbonyl (C=O) groups excluding carboxylic acids is 4. The molecule has 7 heteroatoms. The molecule has 2 rings (SSSR count). The molecule has 0 atom stereocenters. The first-order valence-electron chi connectivity index (χ1n) is 8.84. The van der Waals surface area contributed by atoms with Crippen LogP contribution in [0.1, 0.15) is 59.2 Å². The largest absolute Gasteiger partial charge is 0.456 e. The Hall–Kier alpha value is -2.80. The number of carbonyl (C=O) groups is 4. The highest BCUT2D eigenvalue weighted by Crippen LogP contribution is 2.22. The van der Waals surface area contributed by atoms with Gasteiger partial charge in [-0.1, -0.05) is 39.0 Å². The summed E-state index contributed by atoms with van der Waals surface area (Å²) in [6, 6.07) is 10.4. The van der Waals surface area contributed by atoms with Gasteiger partial charge in [0, 0.05) is 12.0 Å². The molecule has 1 aromatic heterocycles. The molecule has 0 aliphatic rings. The lowest BCUT2D eigenvalue weighted by molar-refractivity contribution is -0.148. The van der Waals surface area contributed by atoms with Gasteiger partial charge in [0.25, 0.3) is 11.8 Å². The molecule has 28 heavy (non-hydrogen) atoms. The lowest BCUT2D eigenvalue weighted by Gasteiger charge is -2.18. The number of imide groups is 1. The molecule has 2 aromatic rings. The van der Waals surface area contributed by atoms with Crippen molar-refractivity contribution in [1.29, 1.82) is 0 Å². The second kappa shape index (κ2) is 9.41. The Balaban J connectivity index is 1.74. The van der Waals surface area contributed by atoms with Crippen LogP contribution in [0.15, 0.2) is 41.8 Å². The van der Waals surface area contributed by atoms with E-state index in [1.165, 1.54) is 11.3 Å². The Morgan fingerprint density at radius 3 is 2.25 bits per heavy atom. The first-order chi connectivity index (χ1) is 13.2. The summed E-state index contributed by atoms with van der Waals surface area (Å²) in [6.45, 7) is 5.62. The zero-order chi connectivity index (χ0) is 20.7. The Morgan fingerprint density at radius 2 is 1.68 bits per heavy atom. The molecule has 0 saturated heterocycles. The fraction of sp³-hybridized carbons (Fsp3) is 0.333. The summed E-state index contributed by atoms with van der Waals surface area (Å²) in [5, 5.41) is 3.96. The van der Waals surface area contributed by atoms with Crippen molar-refractivity contribution in [1.82, 2.24) is 5.32 Å². The van der Waals surface area contributed by atoms with E-state index in [0.29, 0.717) is 10.4 Å². The average Bonchev–Trinajstić information content (AvgIpc) is 3.18. The standard InChI is InChI=1S/C21H23NO5S/c1-21(2,3)15-8-6-14(7-9-15)20(26)22-18(24)13-27-19(25)11-10-16(23)17-5-4-12-28-17/h4-9,12H,10-11,13H2,1-3H3,(H,22,24,26). The quantitative estimate of drug-likeness (QED) is 0.566. The maximum absolute atomic E-state index is 12.1. The Labute approximate surface area is 167 Å². The van der Waals surface area contributed by atoms with E-state index in [2.05, 4.69) is 26.1 Å². The topological polar surface area (TPSA) is 89.5 Å². The van der Waals surface area contributed by atoms with Gasteiger partial charge in [-0.2, -0.15) is 0 Å². The third kappa shape index (κ3) is 6.42. The molecule has 0 aliphatic heterocycles. The summed E-state index contributed by atoms with van der Waals surface area (Å²) >= 11 is 1.30. The molecule has 1 aromatic carbocycles. The monoisotopic (exact) mass is 401 g/mol. The van der Waals surface area contributed by atoms with Gasteiger partial charge in [-0.3, -0.25) is 24.5 Å². The van der Waals surface area contributed by atoms with Gasteiger partial charge in [0.05, 0.1) is 11.3 Å². The third-order valence-corrected chi connectivity index (χ3v) is 4.89. The van der Waals surface area contributed by atoms with Crippen LogP contribution in [-0.2, 0) is 19.7 Å². The first kappa shape index (κ1) is 21.5. The molecule has 2 amide bonds. The van der Waals surface area contributed by atoms with Crippen LogP contribution in [-0.4, -0.2) is 30.2 Å². The third-order valence-electron chi connectivity index (χ3n) is 3.98. The number of esters is 1. The SMILES string of the molecule is CC(C)(C)c1ccc(C(=O)NC(=O)COC(=O)CCC(=O)c2cccs2)cc1. The van der Waals surface area contributed by atoms with E-state index >= 15 is 0 Å². The summed E-state index contributed by atoms with van der Waals surface area (Å²) in [7, 11) is 0. The van der Waals surface area contributed by atoms with Gasteiger partial charge in [0.15, 0.2) is 12.4 Å². The van der Waals surface area contributed by atoms with E-state index in [-0.39, 0.29) is 24.0 Å². The van der Waals surface area contributed by atoms with Crippen LogP contribution in [0.25, 0.3) is 0 Å². The van der Waals surface area contributed by atoms with Crippen LogP contribution in [0.4, 0.5) is 0 Å². The second-order valence-electron chi connectivity index (χ2n) is 7.27. The molecule has 0 unspecified atom stereocenters. The van der Waals surface area contributed by atoms with Crippen molar-refractivity contribution in [3.8, 4) is 0 Å². The van der Waals surface area contributed by atoms with E-state index < -0.39 is 24.4 Å². The van der Waals surface area contributed by atoms with Crippen LogP contribution < -0.4 is 5.32 Å². The number of rotatable bonds is 7. The molecule has 6 nitrogen and oxygen atoms in total. The van der Waals surface area contributed by atoms with Crippen molar-refractivity contribution in [3.63, 3.8) is 0 Å². The van der Waals surface area contributed by atoms with Gasteiger partial charge >= 0.3 is 5.97 Å². The minimum Gasteiger partial charge on any atom is -0.456 e. The number of nitrogens with one attached hydrogen (secondary N) is 1. The first-order valence-corrected chi connectivity index (χ1v) is 9.72. The number of Topliss-reactive ketones (excluding diaryl/α,β-unsaturated/α-hetero) is 1. The summed E-state index contributed by atoms with van der Waals surface area (Å²) < 4.78 is 4.82. The minimum absolute atomic E-state index is 0.0139. The Kier molecular flexibility index (Phi) is 7.23. The van der Waals surface area contributed by atoms with E-state index in [4.69, 9.17) is 4.74 Å². The van der Waals surface area contributed by atoms with Crippen LogP contribution in [0.5, 0.6) is 0 Å². The van der Waals surface area contributed by atoms with Crippen molar-refractivity contribution in [2.24, 2.45) is 0 Å². The van der Waals surface area contributed by atoms with Gasteiger partial charge in [-0.15, -0.1) is 11.3 Å². The van der Waals surface area contributed by atoms with Gasteiger partial charge in [-0.25, -0.2) is 0 Å². The summed E-state index contributed by atoms with van der Waals surface area (Å²) in [5.74, 6) is -2.09. The Bertz CT molecular complexity index is 848. The number of amides is 2. The molecule has 1 N–H and O–H groups in total. The molecular weight excluding hydrogens is 378 g/mol. The maximum atomic E-state index is 12.1. The Morgan fingerprint density at radius 1 is 1.00 bits per heavy atom. The summed E-state index contributed by atoms with van der Waals surface area (Å²) in [6.07, 6.45) is -0.105. The highest BCUT2D eigenvalue weighted by molar-refractivity contribution is 7.12. The maximum Gasteiger partial charge on any atom is 0.306 e. The number of benzene rings is 1. The molecule has 148 valence electrons. The number of thiophene rings is 1. The lowest BCUT2D eigenvalue weighted by Crippen LogP contribution is -2.34. The zero-order valence-corrected chi connectivity index (χ0v) is 16.9. The number of ketones is 1. The molecule has 0 spiro atoms. The highest BCUT2D eigenvalue weighted by atomic mass is 32.1. The molecule has 1 heterocycles. The van der Waals surface area contributed by atoms with Gasteiger partial charge in [0.1, 0.15) is 0 Å². The van der Waals surface area contributed by atoms with E-state index in [0.717, 1.165) is 5.56 Å². The molecule has 0 fully saturated rings. The summed E-state index contributed by atoms with van der Waals surface area (Å²) in [4.78, 5) is 48.0. The van der Waals surface area contributed by atoms with Crippen molar-refractivity contribution in [3.05, 3.63) is 57.8 Å². The van der Waals surface area contributed by atoms with Gasteiger partial charge in [0.2, 0.25) is 0 Å². The molecule has 0 aliphatic carbocycles. The van der Waals surface area contributed by atoms with Crippen molar-refractivity contribution in [2.75, 3.05) is 6.61 Å². The fourth-order valence-electron chi connectivity index (χ4n) is 2.35. The van der Waals surface area contributed by atoms with E-state index in [9.17, 15) is 19.2 Å². The van der Waals surface area contributed by atoms with Gasteiger partial charge < -0.3 is 4.74 Å². The van der Waals surface area contributed by atoms with Crippen LogP contribution in [0.2, 0.25) is 0 Å².